The molecule has 6 heteroatoms. The van der Waals surface area contributed by atoms with Crippen molar-refractivity contribution < 1.29 is 23.8 Å². The van der Waals surface area contributed by atoms with E-state index < -0.39 is 12.1 Å². The summed E-state index contributed by atoms with van der Waals surface area (Å²) in [5.41, 5.74) is 0. The van der Waals surface area contributed by atoms with E-state index in [0.717, 1.165) is 19.3 Å². The predicted octanol–water partition coefficient (Wildman–Crippen LogP) is 6.02. The molecule has 0 aromatic heterocycles. The first-order valence-electron chi connectivity index (χ1n) is 12.2. The molecule has 0 aliphatic heterocycles. The number of amides is 1. The van der Waals surface area contributed by atoms with E-state index in [2.05, 4.69) is 12.2 Å². The summed E-state index contributed by atoms with van der Waals surface area (Å²) in [5.74, 6) is -0.398. The second-order valence-electron chi connectivity index (χ2n) is 8.19. The molecule has 0 aliphatic rings. The Morgan fingerprint density at radius 3 is 1.77 bits per heavy atom. The second kappa shape index (κ2) is 21.0. The van der Waals surface area contributed by atoms with Crippen LogP contribution in [0.5, 0.6) is 0 Å². The number of hydrogen-bond donors (Lipinski definition) is 1. The highest BCUT2D eigenvalue weighted by Gasteiger charge is 2.27. The number of alkyl carbamates (subject to hydrolysis) is 1. The fourth-order valence-electron chi connectivity index (χ4n) is 3.26. The van der Waals surface area contributed by atoms with Crippen LogP contribution in [0.15, 0.2) is 0 Å². The summed E-state index contributed by atoms with van der Waals surface area (Å²) in [6.45, 7) is 7.04. The van der Waals surface area contributed by atoms with Crippen molar-refractivity contribution in [1.82, 2.24) is 5.32 Å². The van der Waals surface area contributed by atoms with Gasteiger partial charge in [0.25, 0.3) is 0 Å². The van der Waals surface area contributed by atoms with E-state index in [1.54, 1.807) is 0 Å². The van der Waals surface area contributed by atoms with Gasteiger partial charge in [-0.3, -0.25) is 0 Å². The van der Waals surface area contributed by atoms with Crippen molar-refractivity contribution in [2.24, 2.45) is 5.92 Å². The molecule has 0 rings (SSSR count). The van der Waals surface area contributed by atoms with Gasteiger partial charge in [0.2, 0.25) is 0 Å². The zero-order valence-corrected chi connectivity index (χ0v) is 20.0. The van der Waals surface area contributed by atoms with Crippen LogP contribution in [0.1, 0.15) is 104 Å². The first-order chi connectivity index (χ1) is 14.6. The topological polar surface area (TPSA) is 73.9 Å². The Labute approximate surface area is 184 Å². The van der Waals surface area contributed by atoms with Gasteiger partial charge in [-0.05, 0) is 12.3 Å². The van der Waals surface area contributed by atoms with Crippen molar-refractivity contribution in [3.05, 3.63) is 0 Å². The van der Waals surface area contributed by atoms with Crippen LogP contribution in [0.4, 0.5) is 4.79 Å². The van der Waals surface area contributed by atoms with Crippen LogP contribution in [-0.2, 0) is 19.0 Å². The van der Waals surface area contributed by atoms with Crippen molar-refractivity contribution >= 4 is 12.1 Å². The number of hydrogen-bond acceptors (Lipinski definition) is 5. The molecule has 0 aliphatic carbocycles. The van der Waals surface area contributed by atoms with E-state index in [-0.39, 0.29) is 18.5 Å². The lowest BCUT2D eigenvalue weighted by molar-refractivity contribution is -0.147. The Kier molecular flexibility index (Phi) is 20.0. The van der Waals surface area contributed by atoms with Crippen LogP contribution in [0.25, 0.3) is 0 Å². The summed E-state index contributed by atoms with van der Waals surface area (Å²) >= 11 is 0. The van der Waals surface area contributed by atoms with E-state index in [1.807, 2.05) is 13.8 Å². The Bertz CT molecular complexity index is 416. The summed E-state index contributed by atoms with van der Waals surface area (Å²) in [6, 6.07) is -0.678. The zero-order valence-electron chi connectivity index (χ0n) is 20.0. The van der Waals surface area contributed by atoms with Crippen LogP contribution >= 0.6 is 0 Å². The maximum atomic E-state index is 12.4. The van der Waals surface area contributed by atoms with Gasteiger partial charge in [-0.1, -0.05) is 97.8 Å². The number of nitrogens with one attached hydrogen (secondary N) is 1. The summed E-state index contributed by atoms with van der Waals surface area (Å²) in [5, 5.41) is 2.63. The fraction of sp³-hybridized carbons (Fsp3) is 0.917. The van der Waals surface area contributed by atoms with Gasteiger partial charge in [-0.25, -0.2) is 9.59 Å². The van der Waals surface area contributed by atoms with Crippen LogP contribution in [0.2, 0.25) is 0 Å². The molecule has 0 saturated carbocycles. The summed E-state index contributed by atoms with van der Waals surface area (Å²) in [4.78, 5) is 24.2. The van der Waals surface area contributed by atoms with E-state index in [4.69, 9.17) is 14.2 Å². The first kappa shape index (κ1) is 28.7. The second-order valence-corrected chi connectivity index (χ2v) is 8.19. The number of carbonyl (C=O) groups excluding carboxylic acids is 2. The molecule has 0 spiro atoms. The minimum atomic E-state index is -0.678. The average Bonchev–Trinajstić information content (AvgIpc) is 2.74. The van der Waals surface area contributed by atoms with Gasteiger partial charge < -0.3 is 19.5 Å². The molecule has 1 amide bonds. The van der Waals surface area contributed by atoms with Crippen LogP contribution < -0.4 is 5.32 Å². The maximum absolute atomic E-state index is 12.4. The number of carbonyl (C=O) groups is 2. The smallest absolute Gasteiger partial charge is 0.407 e. The number of ether oxygens (including phenoxy) is 3. The van der Waals surface area contributed by atoms with Crippen molar-refractivity contribution in [3.63, 3.8) is 0 Å². The van der Waals surface area contributed by atoms with Crippen LogP contribution in [0.3, 0.4) is 0 Å². The molecule has 30 heavy (non-hydrogen) atoms. The monoisotopic (exact) mass is 429 g/mol. The van der Waals surface area contributed by atoms with Gasteiger partial charge in [-0.15, -0.1) is 0 Å². The molecule has 0 fully saturated rings. The molecule has 0 aromatic carbocycles. The number of methoxy groups -OCH3 is 1. The van der Waals surface area contributed by atoms with Gasteiger partial charge in [-0.2, -0.15) is 0 Å². The Morgan fingerprint density at radius 1 is 0.733 bits per heavy atom. The third-order valence-electron chi connectivity index (χ3n) is 5.50. The quantitative estimate of drug-likeness (QED) is 0.189. The normalized spacial score (nSPS) is 12.9. The first-order valence-corrected chi connectivity index (χ1v) is 12.2. The number of rotatable bonds is 20. The van der Waals surface area contributed by atoms with Crippen LogP contribution in [-0.4, -0.2) is 45.0 Å². The lowest BCUT2D eigenvalue weighted by atomic mass is 9.99. The lowest BCUT2D eigenvalue weighted by Gasteiger charge is -2.22. The highest BCUT2D eigenvalue weighted by Crippen LogP contribution is 2.13. The van der Waals surface area contributed by atoms with E-state index in [9.17, 15) is 9.59 Å². The predicted molar refractivity (Wildman–Crippen MR) is 122 cm³/mol. The molecule has 6 nitrogen and oxygen atoms in total. The minimum absolute atomic E-state index is 0.0190. The van der Waals surface area contributed by atoms with E-state index in [1.165, 1.54) is 71.3 Å². The molecule has 0 bridgehead atoms. The summed E-state index contributed by atoms with van der Waals surface area (Å²) in [6.07, 6.45) is 15.4. The highest BCUT2D eigenvalue weighted by atomic mass is 16.6. The minimum Gasteiger partial charge on any atom is -0.464 e. The van der Waals surface area contributed by atoms with Gasteiger partial charge in [0.15, 0.2) is 0 Å². The number of esters is 1. The van der Waals surface area contributed by atoms with Gasteiger partial charge >= 0.3 is 12.1 Å². The summed E-state index contributed by atoms with van der Waals surface area (Å²) in [7, 11) is 1.54. The average molecular weight is 430 g/mol. The standard InChI is InChI=1S/C24H47NO5/c1-5-7-8-9-10-11-12-13-14-15-16-17-18-29-23(26)22(21(3)6-2)25-24(27)30-20-19-28-4/h21-22H,5-20H2,1-4H3,(H,25,27). The van der Waals surface area contributed by atoms with Gasteiger partial charge in [0.1, 0.15) is 12.6 Å². The number of unbranched alkanes of at least 4 members (excludes halogenated alkanes) is 11. The lowest BCUT2D eigenvalue weighted by Crippen LogP contribution is -2.46. The molecule has 1 N–H and O–H groups in total. The molecule has 2 unspecified atom stereocenters. The Morgan fingerprint density at radius 2 is 1.27 bits per heavy atom. The van der Waals surface area contributed by atoms with Crippen LogP contribution in [0, 0.1) is 5.92 Å². The molecule has 0 saturated heterocycles. The third kappa shape index (κ3) is 16.5. The molecule has 0 heterocycles. The van der Waals surface area contributed by atoms with Crippen molar-refractivity contribution in [2.75, 3.05) is 26.9 Å². The maximum Gasteiger partial charge on any atom is 0.407 e. The molecule has 0 aromatic rings. The van der Waals surface area contributed by atoms with Gasteiger partial charge in [0, 0.05) is 7.11 Å². The highest BCUT2D eigenvalue weighted by molar-refractivity contribution is 5.81. The molecule has 0 radical (unpaired) electrons. The van der Waals surface area contributed by atoms with E-state index >= 15 is 0 Å². The SMILES string of the molecule is CCCCCCCCCCCCCCOC(=O)C(NC(=O)OCCOC)C(C)CC. The molecular formula is C24H47NO5. The van der Waals surface area contributed by atoms with Crippen molar-refractivity contribution in [1.29, 1.82) is 0 Å². The Balaban J connectivity index is 3.82. The molecular weight excluding hydrogens is 382 g/mol. The largest absolute Gasteiger partial charge is 0.464 e. The van der Waals surface area contributed by atoms with E-state index in [0.29, 0.717) is 13.2 Å². The molecule has 178 valence electrons. The van der Waals surface area contributed by atoms with Crippen molar-refractivity contribution in [2.45, 2.75) is 110 Å². The third-order valence-corrected chi connectivity index (χ3v) is 5.50. The zero-order chi connectivity index (χ0) is 22.5. The van der Waals surface area contributed by atoms with Crippen molar-refractivity contribution in [3.8, 4) is 0 Å². The van der Waals surface area contributed by atoms with Gasteiger partial charge in [0.05, 0.1) is 13.2 Å². The summed E-state index contributed by atoms with van der Waals surface area (Å²) < 4.78 is 15.3. The molecule has 2 atom stereocenters. The Hall–Kier alpha value is -1.30. The fourth-order valence-corrected chi connectivity index (χ4v) is 3.26.